The highest BCUT2D eigenvalue weighted by atomic mass is 32.2. The first kappa shape index (κ1) is 17.3. The molecule has 1 N–H and O–H groups in total. The van der Waals surface area contributed by atoms with Crippen LogP contribution in [0.1, 0.15) is 11.1 Å². The van der Waals surface area contributed by atoms with Crippen molar-refractivity contribution >= 4 is 21.6 Å². The van der Waals surface area contributed by atoms with Crippen molar-refractivity contribution in [2.24, 2.45) is 0 Å². The number of carbonyl (C=O) groups excluding carboxylic acids is 1. The third-order valence-corrected chi connectivity index (χ3v) is 5.48. The molecule has 8 heteroatoms. The quantitative estimate of drug-likeness (QED) is 0.907. The second-order valence-electron chi connectivity index (χ2n) is 5.70. The lowest BCUT2D eigenvalue weighted by atomic mass is 10.0. The molecule has 0 unspecified atom stereocenters. The summed E-state index contributed by atoms with van der Waals surface area (Å²) in [6.07, 6.45) is 0.759. The average molecular weight is 366 g/mol. The molecule has 0 saturated heterocycles. The van der Waals surface area contributed by atoms with E-state index in [1.54, 1.807) is 4.90 Å². The van der Waals surface area contributed by atoms with Crippen LogP contribution in [0.2, 0.25) is 0 Å². The number of hydrogen-bond acceptors (Lipinski definition) is 3. The molecular formula is C17H16F2N2O3S. The Kier molecular flexibility index (Phi) is 4.71. The van der Waals surface area contributed by atoms with E-state index in [1.807, 2.05) is 24.3 Å². The van der Waals surface area contributed by atoms with E-state index in [-0.39, 0.29) is 6.03 Å². The molecule has 5 nitrogen and oxygen atoms in total. The summed E-state index contributed by atoms with van der Waals surface area (Å²) < 4.78 is 47.8. The summed E-state index contributed by atoms with van der Waals surface area (Å²) in [5.41, 5.74) is 2.65. The van der Waals surface area contributed by atoms with Gasteiger partial charge in [-0.15, -0.1) is 0 Å². The highest BCUT2D eigenvalue weighted by Gasteiger charge is 2.26. The summed E-state index contributed by atoms with van der Waals surface area (Å²) in [6, 6.07) is 12.3. The third-order valence-electron chi connectivity index (χ3n) is 4.09. The van der Waals surface area contributed by atoms with Gasteiger partial charge in [-0.25, -0.2) is 13.2 Å². The lowest BCUT2D eigenvalue weighted by Gasteiger charge is -2.29. The zero-order chi connectivity index (χ0) is 18.0. The van der Waals surface area contributed by atoms with E-state index in [9.17, 15) is 22.0 Å². The predicted molar refractivity (Wildman–Crippen MR) is 89.2 cm³/mol. The molecule has 1 aliphatic heterocycles. The summed E-state index contributed by atoms with van der Waals surface area (Å²) in [5, 5.41) is 2.66. The maximum absolute atomic E-state index is 12.5. The number of halogens is 2. The molecule has 0 spiro atoms. The summed E-state index contributed by atoms with van der Waals surface area (Å²) >= 11 is 0. The van der Waals surface area contributed by atoms with Crippen LogP contribution >= 0.6 is 0 Å². The summed E-state index contributed by atoms with van der Waals surface area (Å²) in [7, 11) is -4.63. The first-order valence-electron chi connectivity index (χ1n) is 7.63. The van der Waals surface area contributed by atoms with E-state index in [0.717, 1.165) is 24.1 Å². The molecule has 0 radical (unpaired) electrons. The van der Waals surface area contributed by atoms with E-state index in [4.69, 9.17) is 0 Å². The number of rotatable bonds is 3. The number of nitrogens with zero attached hydrogens (tertiary/aromatic N) is 1. The van der Waals surface area contributed by atoms with Crippen LogP contribution in [0.4, 0.5) is 19.3 Å². The van der Waals surface area contributed by atoms with Crippen molar-refractivity contribution in [2.75, 3.05) is 11.9 Å². The van der Waals surface area contributed by atoms with Crippen LogP contribution < -0.4 is 5.32 Å². The average Bonchev–Trinajstić information content (AvgIpc) is 2.61. The molecule has 1 heterocycles. The molecular weight excluding hydrogens is 350 g/mol. The van der Waals surface area contributed by atoms with Crippen LogP contribution in [0.5, 0.6) is 0 Å². The van der Waals surface area contributed by atoms with Crippen LogP contribution in [0.25, 0.3) is 0 Å². The van der Waals surface area contributed by atoms with Gasteiger partial charge in [0.1, 0.15) is 0 Å². The fraction of sp³-hybridized carbons (Fsp3) is 0.235. The number of hydrogen-bond donors (Lipinski definition) is 1. The van der Waals surface area contributed by atoms with E-state index >= 15 is 0 Å². The number of urea groups is 1. The minimum absolute atomic E-state index is 0.320. The molecule has 25 heavy (non-hydrogen) atoms. The normalized spacial score (nSPS) is 14.3. The summed E-state index contributed by atoms with van der Waals surface area (Å²) in [5.74, 6) is -3.47. The van der Waals surface area contributed by atoms with Crippen LogP contribution in [-0.4, -0.2) is 31.7 Å². The van der Waals surface area contributed by atoms with Crippen LogP contribution in [-0.2, 0) is 22.8 Å². The minimum Gasteiger partial charge on any atom is -0.320 e. The van der Waals surface area contributed by atoms with Gasteiger partial charge in [-0.2, -0.15) is 8.78 Å². The Balaban J connectivity index is 1.68. The van der Waals surface area contributed by atoms with Gasteiger partial charge in [0.2, 0.25) is 9.84 Å². The topological polar surface area (TPSA) is 66.5 Å². The zero-order valence-electron chi connectivity index (χ0n) is 13.2. The fourth-order valence-electron chi connectivity index (χ4n) is 2.70. The van der Waals surface area contributed by atoms with Crippen LogP contribution in [0.3, 0.4) is 0 Å². The predicted octanol–water partition coefficient (Wildman–Crippen LogP) is 3.27. The molecule has 2 aromatic rings. The molecule has 0 aliphatic carbocycles. The SMILES string of the molecule is O=C(Nc1ccc(S(=O)(=O)C(F)F)cc1)N1CCc2ccccc2C1. The van der Waals surface area contributed by atoms with Gasteiger partial charge in [0.05, 0.1) is 4.90 Å². The van der Waals surface area contributed by atoms with Gasteiger partial charge in [-0.05, 0) is 41.8 Å². The zero-order valence-corrected chi connectivity index (χ0v) is 14.0. The smallest absolute Gasteiger partial charge is 0.320 e. The molecule has 2 aromatic carbocycles. The molecule has 1 aliphatic rings. The molecule has 3 rings (SSSR count). The monoisotopic (exact) mass is 366 g/mol. The Morgan fingerprint density at radius 2 is 1.68 bits per heavy atom. The van der Waals surface area contributed by atoms with Crippen LogP contribution in [0, 0.1) is 0 Å². The van der Waals surface area contributed by atoms with Crippen LogP contribution in [0.15, 0.2) is 53.4 Å². The van der Waals surface area contributed by atoms with Crippen molar-refractivity contribution in [3.8, 4) is 0 Å². The number of fused-ring (bicyclic) bond motifs is 1. The number of nitrogens with one attached hydrogen (secondary N) is 1. The van der Waals surface area contributed by atoms with Crippen molar-refractivity contribution in [3.05, 3.63) is 59.7 Å². The number of anilines is 1. The van der Waals surface area contributed by atoms with E-state index < -0.39 is 20.5 Å². The molecule has 0 bridgehead atoms. The third kappa shape index (κ3) is 3.63. The van der Waals surface area contributed by atoms with E-state index in [1.165, 1.54) is 17.7 Å². The number of alkyl halides is 2. The number of sulfone groups is 1. The van der Waals surface area contributed by atoms with Crippen molar-refractivity contribution in [3.63, 3.8) is 0 Å². The molecule has 2 amide bonds. The van der Waals surface area contributed by atoms with Crippen molar-refractivity contribution in [1.29, 1.82) is 0 Å². The van der Waals surface area contributed by atoms with Gasteiger partial charge in [0, 0.05) is 18.8 Å². The lowest BCUT2D eigenvalue weighted by molar-refractivity contribution is 0.206. The minimum atomic E-state index is -4.63. The fourth-order valence-corrected chi connectivity index (χ4v) is 3.42. The largest absolute Gasteiger partial charge is 0.341 e. The summed E-state index contributed by atoms with van der Waals surface area (Å²) in [4.78, 5) is 13.5. The van der Waals surface area contributed by atoms with Crippen molar-refractivity contribution in [2.45, 2.75) is 23.6 Å². The highest BCUT2D eigenvalue weighted by molar-refractivity contribution is 7.91. The Morgan fingerprint density at radius 3 is 2.32 bits per heavy atom. The molecule has 132 valence electrons. The lowest BCUT2D eigenvalue weighted by Crippen LogP contribution is -2.38. The molecule has 0 fully saturated rings. The highest BCUT2D eigenvalue weighted by Crippen LogP contribution is 2.22. The second-order valence-corrected chi connectivity index (χ2v) is 7.62. The van der Waals surface area contributed by atoms with Gasteiger partial charge in [0.25, 0.3) is 0 Å². The number of carbonyl (C=O) groups is 1. The van der Waals surface area contributed by atoms with Gasteiger partial charge < -0.3 is 10.2 Å². The Morgan fingerprint density at radius 1 is 1.04 bits per heavy atom. The standard InChI is InChI=1S/C17H16F2N2O3S/c18-16(19)25(23,24)15-7-5-14(6-8-15)20-17(22)21-10-9-12-3-1-2-4-13(12)11-21/h1-8,16H,9-11H2,(H,20,22). The molecule has 0 saturated carbocycles. The number of benzene rings is 2. The first-order valence-corrected chi connectivity index (χ1v) is 9.17. The Hall–Kier alpha value is -2.48. The maximum atomic E-state index is 12.5. The van der Waals surface area contributed by atoms with Crippen molar-refractivity contribution in [1.82, 2.24) is 4.90 Å². The van der Waals surface area contributed by atoms with Gasteiger partial charge in [0.15, 0.2) is 0 Å². The van der Waals surface area contributed by atoms with Gasteiger partial charge in [-0.3, -0.25) is 0 Å². The van der Waals surface area contributed by atoms with Gasteiger partial charge >= 0.3 is 11.8 Å². The Labute approximate surface area is 144 Å². The Bertz CT molecular complexity index is 883. The van der Waals surface area contributed by atoms with Crippen molar-refractivity contribution < 1.29 is 22.0 Å². The molecule has 0 aromatic heterocycles. The second kappa shape index (κ2) is 6.79. The first-order chi connectivity index (χ1) is 11.9. The number of amides is 2. The molecule has 0 atom stereocenters. The van der Waals surface area contributed by atoms with Gasteiger partial charge in [-0.1, -0.05) is 24.3 Å². The summed E-state index contributed by atoms with van der Waals surface area (Å²) in [6.45, 7) is 1.06. The maximum Gasteiger partial charge on any atom is 0.341 e. The van der Waals surface area contributed by atoms with E-state index in [0.29, 0.717) is 18.8 Å². The van der Waals surface area contributed by atoms with E-state index in [2.05, 4.69) is 5.32 Å².